The monoisotopic (exact) mass is 456 g/mol. The summed E-state index contributed by atoms with van der Waals surface area (Å²) in [5.74, 6) is -2.84. The Morgan fingerprint density at radius 3 is 2.56 bits per heavy atom. The number of fused-ring (bicyclic) bond motifs is 2. The van der Waals surface area contributed by atoms with Gasteiger partial charge in [0.1, 0.15) is 5.00 Å². The van der Waals surface area contributed by atoms with Crippen LogP contribution in [-0.4, -0.2) is 54.8 Å². The highest BCUT2D eigenvalue weighted by Crippen LogP contribution is 2.39. The van der Waals surface area contributed by atoms with Crippen molar-refractivity contribution in [3.8, 4) is 0 Å². The normalized spacial score (nSPS) is 14.2. The Balaban J connectivity index is 1.42. The highest BCUT2D eigenvalue weighted by atomic mass is 32.1. The van der Waals surface area contributed by atoms with Crippen LogP contribution in [0.1, 0.15) is 65.2 Å². The van der Waals surface area contributed by atoms with Crippen molar-refractivity contribution in [2.45, 2.75) is 26.2 Å². The SMILES string of the molecule is CCOC(=O)c1c(NC(=O)COC(=O)c2ccc3c(c2)C(=O)N(C)C3=O)sc2c1CCC2. The molecule has 2 aliphatic rings. The first-order valence-corrected chi connectivity index (χ1v) is 10.9. The van der Waals surface area contributed by atoms with E-state index in [1.54, 1.807) is 6.92 Å². The number of aryl methyl sites for hydroxylation is 1. The van der Waals surface area contributed by atoms with Crippen molar-refractivity contribution in [3.05, 3.63) is 50.9 Å². The zero-order chi connectivity index (χ0) is 23.0. The zero-order valence-electron chi connectivity index (χ0n) is 17.5. The van der Waals surface area contributed by atoms with Gasteiger partial charge in [0, 0.05) is 11.9 Å². The molecular formula is C22H20N2O7S. The predicted octanol–water partition coefficient (Wildman–Crippen LogP) is 2.43. The minimum absolute atomic E-state index is 0.0512. The van der Waals surface area contributed by atoms with E-state index >= 15 is 0 Å². The van der Waals surface area contributed by atoms with E-state index in [4.69, 9.17) is 9.47 Å². The van der Waals surface area contributed by atoms with Gasteiger partial charge < -0.3 is 14.8 Å². The molecule has 166 valence electrons. The average molecular weight is 456 g/mol. The minimum atomic E-state index is -0.808. The van der Waals surface area contributed by atoms with Crippen molar-refractivity contribution in [1.82, 2.24) is 4.90 Å². The van der Waals surface area contributed by atoms with Gasteiger partial charge in [-0.2, -0.15) is 0 Å². The van der Waals surface area contributed by atoms with Gasteiger partial charge in [0.25, 0.3) is 17.7 Å². The fourth-order valence-electron chi connectivity index (χ4n) is 3.78. The lowest BCUT2D eigenvalue weighted by molar-refractivity contribution is -0.119. The molecule has 1 aliphatic carbocycles. The topological polar surface area (TPSA) is 119 Å². The summed E-state index contributed by atoms with van der Waals surface area (Å²) in [7, 11) is 1.36. The lowest BCUT2D eigenvalue weighted by Gasteiger charge is -2.09. The van der Waals surface area contributed by atoms with Crippen LogP contribution in [0.25, 0.3) is 0 Å². The number of nitrogens with zero attached hydrogens (tertiary/aromatic N) is 1. The predicted molar refractivity (Wildman–Crippen MR) is 114 cm³/mol. The third-order valence-electron chi connectivity index (χ3n) is 5.31. The molecule has 0 radical (unpaired) electrons. The van der Waals surface area contributed by atoms with Gasteiger partial charge in [0.05, 0.1) is 28.9 Å². The lowest BCUT2D eigenvalue weighted by atomic mass is 10.1. The summed E-state index contributed by atoms with van der Waals surface area (Å²) in [4.78, 5) is 63.2. The second-order valence-electron chi connectivity index (χ2n) is 7.34. The van der Waals surface area contributed by atoms with Crippen molar-refractivity contribution in [3.63, 3.8) is 0 Å². The molecule has 3 amide bonds. The molecule has 1 aromatic carbocycles. The van der Waals surface area contributed by atoms with E-state index in [0.29, 0.717) is 10.6 Å². The molecule has 10 heteroatoms. The van der Waals surface area contributed by atoms with Crippen molar-refractivity contribution in [2.75, 3.05) is 25.6 Å². The maximum absolute atomic E-state index is 12.4. The Labute approximate surface area is 187 Å². The average Bonchev–Trinajstić information content (AvgIpc) is 3.41. The van der Waals surface area contributed by atoms with Gasteiger partial charge in [-0.25, -0.2) is 9.59 Å². The third-order valence-corrected chi connectivity index (χ3v) is 6.52. The highest BCUT2D eigenvalue weighted by Gasteiger charge is 2.33. The largest absolute Gasteiger partial charge is 0.462 e. The maximum Gasteiger partial charge on any atom is 0.341 e. The first-order valence-electron chi connectivity index (χ1n) is 10.1. The quantitative estimate of drug-likeness (QED) is 0.524. The number of imide groups is 1. The van der Waals surface area contributed by atoms with Gasteiger partial charge in [-0.05, 0) is 49.9 Å². The van der Waals surface area contributed by atoms with E-state index in [0.717, 1.165) is 34.6 Å². The number of carbonyl (C=O) groups is 5. The number of rotatable bonds is 6. The summed E-state index contributed by atoms with van der Waals surface area (Å²) < 4.78 is 10.2. The van der Waals surface area contributed by atoms with Crippen LogP contribution in [0.15, 0.2) is 18.2 Å². The molecule has 0 unspecified atom stereocenters. The fraction of sp³-hybridized carbons (Fsp3) is 0.318. The Morgan fingerprint density at radius 1 is 1.06 bits per heavy atom. The van der Waals surface area contributed by atoms with E-state index in [-0.39, 0.29) is 23.3 Å². The van der Waals surface area contributed by atoms with Crippen LogP contribution in [-0.2, 0) is 27.1 Å². The first-order chi connectivity index (χ1) is 15.3. The van der Waals surface area contributed by atoms with Gasteiger partial charge in [-0.3, -0.25) is 19.3 Å². The molecule has 1 N–H and O–H groups in total. The van der Waals surface area contributed by atoms with Crippen molar-refractivity contribution in [1.29, 1.82) is 0 Å². The molecule has 0 atom stereocenters. The number of amides is 3. The van der Waals surface area contributed by atoms with E-state index in [9.17, 15) is 24.0 Å². The van der Waals surface area contributed by atoms with Gasteiger partial charge >= 0.3 is 11.9 Å². The number of ether oxygens (including phenoxy) is 2. The van der Waals surface area contributed by atoms with E-state index < -0.39 is 36.3 Å². The molecule has 1 aliphatic heterocycles. The van der Waals surface area contributed by atoms with Crippen LogP contribution in [0.5, 0.6) is 0 Å². The summed E-state index contributed by atoms with van der Waals surface area (Å²) in [5.41, 5.74) is 1.65. The second kappa shape index (κ2) is 8.54. The van der Waals surface area contributed by atoms with Crippen LogP contribution in [0.4, 0.5) is 5.00 Å². The smallest absolute Gasteiger partial charge is 0.341 e. The maximum atomic E-state index is 12.4. The number of hydrogen-bond donors (Lipinski definition) is 1. The first kappa shape index (κ1) is 21.7. The van der Waals surface area contributed by atoms with Gasteiger partial charge in [0.2, 0.25) is 0 Å². The van der Waals surface area contributed by atoms with E-state index in [1.807, 2.05) is 0 Å². The van der Waals surface area contributed by atoms with Crippen molar-refractivity contribution < 1.29 is 33.4 Å². The van der Waals surface area contributed by atoms with E-state index in [2.05, 4.69) is 5.32 Å². The summed E-state index contributed by atoms with van der Waals surface area (Å²) in [5, 5.41) is 3.03. The number of nitrogens with one attached hydrogen (secondary N) is 1. The van der Waals surface area contributed by atoms with Crippen LogP contribution in [0, 0.1) is 0 Å². The number of thiophene rings is 1. The number of hydrogen-bond acceptors (Lipinski definition) is 8. The highest BCUT2D eigenvalue weighted by molar-refractivity contribution is 7.17. The fourth-order valence-corrected chi connectivity index (χ4v) is 5.07. The Morgan fingerprint density at radius 2 is 1.81 bits per heavy atom. The number of benzene rings is 1. The minimum Gasteiger partial charge on any atom is -0.462 e. The van der Waals surface area contributed by atoms with Crippen LogP contribution in [0.2, 0.25) is 0 Å². The molecule has 0 spiro atoms. The zero-order valence-corrected chi connectivity index (χ0v) is 18.3. The molecule has 2 aromatic rings. The summed E-state index contributed by atoms with van der Waals surface area (Å²) >= 11 is 1.33. The van der Waals surface area contributed by atoms with Crippen LogP contribution < -0.4 is 5.32 Å². The molecule has 0 fully saturated rings. The Hall–Kier alpha value is -3.53. The third kappa shape index (κ3) is 3.77. The number of anilines is 1. The molecule has 4 rings (SSSR count). The molecule has 0 saturated carbocycles. The van der Waals surface area contributed by atoms with Gasteiger partial charge in [0.15, 0.2) is 6.61 Å². The Bertz CT molecular complexity index is 1170. The van der Waals surface area contributed by atoms with Crippen molar-refractivity contribution in [2.24, 2.45) is 0 Å². The van der Waals surface area contributed by atoms with Crippen LogP contribution in [0.3, 0.4) is 0 Å². The summed E-state index contributed by atoms with van der Waals surface area (Å²) in [6.45, 7) is 1.36. The summed E-state index contributed by atoms with van der Waals surface area (Å²) in [6.07, 6.45) is 2.54. The lowest BCUT2D eigenvalue weighted by Crippen LogP contribution is -2.24. The van der Waals surface area contributed by atoms with Gasteiger partial charge in [-0.15, -0.1) is 11.3 Å². The Kier molecular flexibility index (Phi) is 5.79. The van der Waals surface area contributed by atoms with Gasteiger partial charge in [-0.1, -0.05) is 0 Å². The molecule has 32 heavy (non-hydrogen) atoms. The molecule has 0 saturated heterocycles. The standard InChI is InChI=1S/C22H20N2O7S/c1-3-30-22(29)17-13-5-4-6-15(13)32-18(17)23-16(25)10-31-21(28)11-7-8-12-14(9-11)20(27)24(2)19(12)26/h7-9H,3-6,10H2,1-2H3,(H,23,25). The van der Waals surface area contributed by atoms with Crippen LogP contribution >= 0.6 is 11.3 Å². The second-order valence-corrected chi connectivity index (χ2v) is 8.44. The number of esters is 2. The molecule has 9 nitrogen and oxygen atoms in total. The van der Waals surface area contributed by atoms with E-state index in [1.165, 1.54) is 36.6 Å². The molecule has 0 bridgehead atoms. The summed E-state index contributed by atoms with van der Waals surface area (Å²) in [6, 6.07) is 4.03. The molecule has 1 aromatic heterocycles. The molecule has 2 heterocycles. The van der Waals surface area contributed by atoms with Crippen molar-refractivity contribution >= 4 is 46.0 Å². The molecular weight excluding hydrogens is 436 g/mol. The number of carbonyl (C=O) groups excluding carboxylic acids is 5.